The first-order valence-corrected chi connectivity index (χ1v) is 8.05. The highest BCUT2D eigenvalue weighted by Gasteiger charge is 2.04. The minimum atomic E-state index is 0. The Kier molecular flexibility index (Phi) is 11.2. The molecule has 0 spiro atoms. The Morgan fingerprint density at radius 2 is 2.14 bits per heavy atom. The first-order valence-electron chi connectivity index (χ1n) is 7.24. The van der Waals surface area contributed by atoms with E-state index in [1.807, 2.05) is 33.9 Å². The second-order valence-corrected chi connectivity index (χ2v) is 6.28. The monoisotopic (exact) mass is 439 g/mol. The van der Waals surface area contributed by atoms with Crippen LogP contribution in [0, 0.1) is 6.92 Å². The van der Waals surface area contributed by atoms with E-state index >= 15 is 0 Å². The maximum absolute atomic E-state index is 11.6. The number of carbonyl (C=O) groups excluding carboxylic acids is 1. The summed E-state index contributed by atoms with van der Waals surface area (Å²) in [6.07, 6.45) is 2.28. The second-order valence-electron chi connectivity index (χ2n) is 4.96. The number of rotatable bonds is 7. The van der Waals surface area contributed by atoms with Gasteiger partial charge in [0.05, 0.1) is 6.54 Å². The number of thiazole rings is 1. The number of amides is 1. The Hall–Kier alpha value is -0.900. The van der Waals surface area contributed by atoms with Gasteiger partial charge in [0.15, 0.2) is 5.96 Å². The van der Waals surface area contributed by atoms with Crippen LogP contribution in [0.4, 0.5) is 0 Å². The van der Waals surface area contributed by atoms with Crippen molar-refractivity contribution in [2.45, 2.75) is 46.7 Å². The van der Waals surface area contributed by atoms with Crippen molar-refractivity contribution in [3.8, 4) is 0 Å². The molecular weight excluding hydrogens is 413 g/mol. The van der Waals surface area contributed by atoms with E-state index in [-0.39, 0.29) is 35.9 Å². The highest BCUT2D eigenvalue weighted by molar-refractivity contribution is 14.0. The fraction of sp³-hybridized carbons (Fsp3) is 0.643. The van der Waals surface area contributed by atoms with E-state index in [2.05, 4.69) is 25.9 Å². The molecule has 0 unspecified atom stereocenters. The Balaban J connectivity index is 0.00000441. The summed E-state index contributed by atoms with van der Waals surface area (Å²) in [7, 11) is 0. The molecular formula is C14H26IN5OS. The molecule has 22 heavy (non-hydrogen) atoms. The number of carbonyl (C=O) groups is 1. The van der Waals surface area contributed by atoms with Crippen molar-refractivity contribution in [2.75, 3.05) is 13.1 Å². The van der Waals surface area contributed by atoms with Crippen LogP contribution in [0.25, 0.3) is 0 Å². The second kappa shape index (κ2) is 11.6. The molecule has 0 bridgehead atoms. The van der Waals surface area contributed by atoms with Gasteiger partial charge in [0, 0.05) is 36.6 Å². The van der Waals surface area contributed by atoms with E-state index in [1.165, 1.54) is 4.88 Å². The molecule has 8 heteroatoms. The number of nitrogens with zero attached hydrogens (tertiary/aromatic N) is 2. The number of halogens is 1. The van der Waals surface area contributed by atoms with E-state index in [4.69, 9.17) is 0 Å². The molecule has 0 aromatic carbocycles. The van der Waals surface area contributed by atoms with Crippen LogP contribution in [-0.2, 0) is 11.3 Å². The Morgan fingerprint density at radius 3 is 2.68 bits per heavy atom. The summed E-state index contributed by atoms with van der Waals surface area (Å²) in [5.41, 5.74) is 0. The van der Waals surface area contributed by atoms with Gasteiger partial charge in [-0.25, -0.2) is 9.98 Å². The molecule has 6 nitrogen and oxygen atoms in total. The molecule has 1 rings (SSSR count). The van der Waals surface area contributed by atoms with Crippen LogP contribution in [0.15, 0.2) is 11.2 Å². The van der Waals surface area contributed by atoms with Crippen molar-refractivity contribution in [2.24, 2.45) is 4.99 Å². The first kappa shape index (κ1) is 21.1. The van der Waals surface area contributed by atoms with Gasteiger partial charge in [0.25, 0.3) is 0 Å². The van der Waals surface area contributed by atoms with Crippen molar-refractivity contribution >= 4 is 47.2 Å². The zero-order chi connectivity index (χ0) is 15.7. The molecule has 3 N–H and O–H groups in total. The van der Waals surface area contributed by atoms with Crippen molar-refractivity contribution in [1.82, 2.24) is 20.9 Å². The Bertz CT molecular complexity index is 476. The molecule has 126 valence electrons. The molecule has 0 aliphatic heterocycles. The van der Waals surface area contributed by atoms with E-state index < -0.39 is 0 Å². The summed E-state index contributed by atoms with van der Waals surface area (Å²) >= 11 is 1.65. The number of nitrogens with one attached hydrogen (secondary N) is 3. The lowest BCUT2D eigenvalue weighted by atomic mass is 10.3. The third-order valence-electron chi connectivity index (χ3n) is 2.48. The Morgan fingerprint density at radius 1 is 1.41 bits per heavy atom. The van der Waals surface area contributed by atoms with Crippen molar-refractivity contribution in [1.29, 1.82) is 0 Å². The predicted octanol–water partition coefficient (Wildman–Crippen LogP) is 2.04. The van der Waals surface area contributed by atoms with Gasteiger partial charge in [0.1, 0.15) is 5.01 Å². The third-order valence-corrected chi connectivity index (χ3v) is 3.38. The van der Waals surface area contributed by atoms with Gasteiger partial charge in [0.2, 0.25) is 5.91 Å². The minimum Gasteiger partial charge on any atom is -0.357 e. The van der Waals surface area contributed by atoms with Crippen LogP contribution in [0.5, 0.6) is 0 Å². The van der Waals surface area contributed by atoms with Gasteiger partial charge in [-0.1, -0.05) is 0 Å². The smallest absolute Gasteiger partial charge is 0.221 e. The number of hydrogen-bond acceptors (Lipinski definition) is 4. The molecule has 0 fully saturated rings. The zero-order valence-corrected chi connectivity index (χ0v) is 16.7. The molecule has 0 radical (unpaired) electrons. The summed E-state index contributed by atoms with van der Waals surface area (Å²) in [4.78, 5) is 21.5. The molecule has 1 heterocycles. The number of hydrogen-bond donors (Lipinski definition) is 3. The summed E-state index contributed by atoms with van der Waals surface area (Å²) in [6, 6.07) is 0.174. The van der Waals surface area contributed by atoms with Gasteiger partial charge < -0.3 is 16.0 Å². The predicted molar refractivity (Wildman–Crippen MR) is 103 cm³/mol. The summed E-state index contributed by atoms with van der Waals surface area (Å²) in [5.74, 6) is 0.756. The normalized spacial score (nSPS) is 11.0. The fourth-order valence-electron chi connectivity index (χ4n) is 1.65. The molecule has 0 aliphatic carbocycles. The first-order chi connectivity index (χ1) is 10.0. The fourth-order valence-corrected chi connectivity index (χ4v) is 2.36. The molecule has 0 saturated heterocycles. The number of aryl methyl sites for hydroxylation is 1. The van der Waals surface area contributed by atoms with E-state index in [0.717, 1.165) is 11.6 Å². The molecule has 0 atom stereocenters. The van der Waals surface area contributed by atoms with E-state index in [0.29, 0.717) is 25.5 Å². The highest BCUT2D eigenvalue weighted by Crippen LogP contribution is 2.11. The summed E-state index contributed by atoms with van der Waals surface area (Å²) in [6.45, 7) is 9.83. The van der Waals surface area contributed by atoms with Crippen LogP contribution in [-0.4, -0.2) is 36.0 Å². The van der Waals surface area contributed by atoms with Crippen molar-refractivity contribution < 1.29 is 4.79 Å². The third kappa shape index (κ3) is 9.19. The summed E-state index contributed by atoms with van der Waals surface area (Å²) in [5, 5.41) is 10.2. The number of aromatic nitrogens is 1. The standard InChI is InChI=1S/C14H25N5OS.HI/c1-5-15-14(16-7-6-12(20)19-10(2)3)18-9-13-17-8-11(4)21-13;/h8,10H,5-7,9H2,1-4H3,(H,19,20)(H2,15,16,18);1H. The van der Waals surface area contributed by atoms with Gasteiger partial charge >= 0.3 is 0 Å². The molecule has 1 amide bonds. The van der Waals surface area contributed by atoms with Crippen LogP contribution in [0.3, 0.4) is 0 Å². The van der Waals surface area contributed by atoms with Gasteiger partial charge in [-0.05, 0) is 27.7 Å². The summed E-state index contributed by atoms with van der Waals surface area (Å²) < 4.78 is 0. The molecule has 1 aromatic heterocycles. The van der Waals surface area contributed by atoms with Gasteiger partial charge in [-0.2, -0.15) is 0 Å². The zero-order valence-electron chi connectivity index (χ0n) is 13.6. The lowest BCUT2D eigenvalue weighted by molar-refractivity contribution is -0.121. The van der Waals surface area contributed by atoms with Crippen molar-refractivity contribution in [3.63, 3.8) is 0 Å². The number of aliphatic imine (C=N–C) groups is 1. The number of guanidine groups is 1. The molecule has 0 saturated carbocycles. The minimum absolute atomic E-state index is 0. The van der Waals surface area contributed by atoms with Gasteiger partial charge in [-0.15, -0.1) is 35.3 Å². The van der Waals surface area contributed by atoms with Crippen LogP contribution >= 0.6 is 35.3 Å². The van der Waals surface area contributed by atoms with Crippen LogP contribution in [0.2, 0.25) is 0 Å². The van der Waals surface area contributed by atoms with Crippen molar-refractivity contribution in [3.05, 3.63) is 16.1 Å². The highest BCUT2D eigenvalue weighted by atomic mass is 127. The average Bonchev–Trinajstić information content (AvgIpc) is 2.81. The maximum atomic E-state index is 11.6. The SMILES string of the molecule is CCNC(=NCc1ncc(C)s1)NCCC(=O)NC(C)C.I. The topological polar surface area (TPSA) is 78.4 Å². The van der Waals surface area contributed by atoms with Gasteiger partial charge in [-0.3, -0.25) is 4.79 Å². The average molecular weight is 439 g/mol. The van der Waals surface area contributed by atoms with E-state index in [1.54, 1.807) is 11.3 Å². The van der Waals surface area contributed by atoms with Crippen LogP contribution in [0.1, 0.15) is 37.1 Å². The maximum Gasteiger partial charge on any atom is 0.221 e. The quantitative estimate of drug-likeness (QED) is 0.345. The molecule has 1 aromatic rings. The lowest BCUT2D eigenvalue weighted by Crippen LogP contribution is -2.40. The van der Waals surface area contributed by atoms with Crippen LogP contribution < -0.4 is 16.0 Å². The molecule has 0 aliphatic rings. The van der Waals surface area contributed by atoms with E-state index in [9.17, 15) is 4.79 Å². The lowest BCUT2D eigenvalue weighted by Gasteiger charge is -2.12. The largest absolute Gasteiger partial charge is 0.357 e. The Labute approximate surface area is 153 Å².